The first kappa shape index (κ1) is 11.4. The third kappa shape index (κ3) is 2.88. The van der Waals surface area contributed by atoms with Gasteiger partial charge in [0.15, 0.2) is 0 Å². The van der Waals surface area contributed by atoms with Crippen LogP contribution in [0, 0.1) is 0 Å². The maximum atomic E-state index is 5.26. The van der Waals surface area contributed by atoms with Gasteiger partial charge in [-0.15, -0.1) is 0 Å². The summed E-state index contributed by atoms with van der Waals surface area (Å²) in [4.78, 5) is 0. The molecule has 0 N–H and O–H groups in total. The van der Waals surface area contributed by atoms with Gasteiger partial charge in [-0.3, -0.25) is 0 Å². The maximum Gasteiger partial charge on any atom is 0.129 e. The van der Waals surface area contributed by atoms with Gasteiger partial charge in [-0.05, 0) is 25.1 Å². The Morgan fingerprint density at radius 3 is 2.13 bits per heavy atom. The topological polar surface area (TPSA) is 18.5 Å². The van der Waals surface area contributed by atoms with Crippen LogP contribution in [0.15, 0.2) is 36.4 Å². The van der Waals surface area contributed by atoms with E-state index in [2.05, 4.69) is 6.58 Å². The van der Waals surface area contributed by atoms with Crippen LogP contribution < -0.4 is 9.47 Å². The van der Waals surface area contributed by atoms with E-state index in [1.165, 1.54) is 0 Å². The molecule has 0 aliphatic carbocycles. The van der Waals surface area contributed by atoms with E-state index in [9.17, 15) is 0 Å². The van der Waals surface area contributed by atoms with E-state index >= 15 is 0 Å². The van der Waals surface area contributed by atoms with E-state index in [0.29, 0.717) is 0 Å². The molecular formula is C13H16O2. The zero-order valence-electron chi connectivity index (χ0n) is 9.41. The highest BCUT2D eigenvalue weighted by molar-refractivity contribution is 5.65. The monoisotopic (exact) mass is 204 g/mol. The second-order valence-electron chi connectivity index (χ2n) is 3.26. The van der Waals surface area contributed by atoms with Gasteiger partial charge >= 0.3 is 0 Å². The molecule has 2 heteroatoms. The molecule has 0 amide bonds. The maximum absolute atomic E-state index is 5.26. The molecule has 0 atom stereocenters. The molecule has 1 aromatic carbocycles. The van der Waals surface area contributed by atoms with Crippen LogP contribution in [0.3, 0.4) is 0 Å². The van der Waals surface area contributed by atoms with Crippen molar-refractivity contribution in [2.45, 2.75) is 6.92 Å². The van der Waals surface area contributed by atoms with Crippen LogP contribution in [0.1, 0.15) is 12.5 Å². The molecule has 0 bridgehead atoms. The SMILES string of the molecule is C=C(C)/C=C/c1c(OC)cccc1OC. The molecule has 0 aliphatic rings. The van der Waals surface area contributed by atoms with Crippen molar-refractivity contribution < 1.29 is 9.47 Å². The second-order valence-corrected chi connectivity index (χ2v) is 3.26. The number of ether oxygens (including phenoxy) is 2. The highest BCUT2D eigenvalue weighted by Crippen LogP contribution is 2.29. The lowest BCUT2D eigenvalue weighted by atomic mass is 10.1. The van der Waals surface area contributed by atoms with E-state index in [-0.39, 0.29) is 0 Å². The molecule has 0 unspecified atom stereocenters. The summed E-state index contributed by atoms with van der Waals surface area (Å²) < 4.78 is 10.5. The molecule has 1 rings (SSSR count). The summed E-state index contributed by atoms with van der Waals surface area (Å²) >= 11 is 0. The Bertz CT molecular complexity index is 356. The molecule has 80 valence electrons. The Balaban J connectivity index is 3.16. The molecule has 0 fully saturated rings. The molecule has 0 heterocycles. The van der Waals surface area contributed by atoms with E-state index < -0.39 is 0 Å². The molecule has 15 heavy (non-hydrogen) atoms. The van der Waals surface area contributed by atoms with Gasteiger partial charge < -0.3 is 9.47 Å². The summed E-state index contributed by atoms with van der Waals surface area (Å²) in [5.41, 5.74) is 1.92. The Hall–Kier alpha value is -1.70. The van der Waals surface area contributed by atoms with Crippen LogP contribution in [0.2, 0.25) is 0 Å². The Morgan fingerprint density at radius 1 is 1.20 bits per heavy atom. The number of hydrogen-bond donors (Lipinski definition) is 0. The molecule has 0 radical (unpaired) electrons. The number of hydrogen-bond acceptors (Lipinski definition) is 2. The summed E-state index contributed by atoms with van der Waals surface area (Å²) in [6.45, 7) is 5.76. The highest BCUT2D eigenvalue weighted by Gasteiger charge is 2.05. The second kappa shape index (κ2) is 5.25. The van der Waals surface area contributed by atoms with Gasteiger partial charge in [0.1, 0.15) is 11.5 Å². The molecule has 0 saturated heterocycles. The van der Waals surface area contributed by atoms with Crippen molar-refractivity contribution >= 4 is 6.08 Å². The Morgan fingerprint density at radius 2 is 1.73 bits per heavy atom. The van der Waals surface area contributed by atoms with Crippen molar-refractivity contribution in [3.63, 3.8) is 0 Å². The zero-order valence-corrected chi connectivity index (χ0v) is 9.41. The summed E-state index contributed by atoms with van der Waals surface area (Å²) in [5, 5.41) is 0. The Labute approximate surface area is 90.8 Å². The van der Waals surface area contributed by atoms with E-state index in [1.54, 1.807) is 14.2 Å². The lowest BCUT2D eigenvalue weighted by molar-refractivity contribution is 0.392. The normalized spacial score (nSPS) is 10.3. The molecule has 0 aromatic heterocycles. The first-order chi connectivity index (χ1) is 7.19. The first-order valence-corrected chi connectivity index (χ1v) is 4.73. The zero-order chi connectivity index (χ0) is 11.3. The van der Waals surface area contributed by atoms with E-state index in [4.69, 9.17) is 9.47 Å². The standard InChI is InChI=1S/C13H16O2/c1-10(2)8-9-11-12(14-3)6-5-7-13(11)15-4/h5-9H,1H2,2-4H3/b9-8+. The van der Waals surface area contributed by atoms with Crippen LogP contribution >= 0.6 is 0 Å². The molecule has 0 spiro atoms. The lowest BCUT2D eigenvalue weighted by Crippen LogP contribution is -1.91. The van der Waals surface area contributed by atoms with E-state index in [1.807, 2.05) is 37.3 Å². The fourth-order valence-corrected chi connectivity index (χ4v) is 1.27. The van der Waals surface area contributed by atoms with Gasteiger partial charge in [0.2, 0.25) is 0 Å². The van der Waals surface area contributed by atoms with Crippen molar-refractivity contribution in [1.82, 2.24) is 0 Å². The van der Waals surface area contributed by atoms with Gasteiger partial charge in [0.25, 0.3) is 0 Å². The van der Waals surface area contributed by atoms with Crippen molar-refractivity contribution in [2.24, 2.45) is 0 Å². The third-order valence-corrected chi connectivity index (χ3v) is 2.00. The average Bonchev–Trinajstić information content (AvgIpc) is 2.25. The fraction of sp³-hybridized carbons (Fsp3) is 0.231. The number of rotatable bonds is 4. The smallest absolute Gasteiger partial charge is 0.129 e. The summed E-state index contributed by atoms with van der Waals surface area (Å²) in [6.07, 6.45) is 3.88. The quantitative estimate of drug-likeness (QED) is 0.701. The first-order valence-electron chi connectivity index (χ1n) is 4.73. The van der Waals surface area contributed by atoms with Gasteiger partial charge in [0.05, 0.1) is 19.8 Å². The molecule has 1 aromatic rings. The van der Waals surface area contributed by atoms with Gasteiger partial charge in [-0.25, -0.2) is 0 Å². The predicted molar refractivity (Wildman–Crippen MR) is 63.4 cm³/mol. The molecule has 0 aliphatic heterocycles. The van der Waals surface area contributed by atoms with Gasteiger partial charge in [-0.1, -0.05) is 24.3 Å². The summed E-state index contributed by atoms with van der Waals surface area (Å²) in [5.74, 6) is 1.60. The summed E-state index contributed by atoms with van der Waals surface area (Å²) in [6, 6.07) is 5.71. The lowest BCUT2D eigenvalue weighted by Gasteiger charge is -2.09. The number of allylic oxidation sites excluding steroid dienone is 2. The summed E-state index contributed by atoms with van der Waals surface area (Å²) in [7, 11) is 3.29. The predicted octanol–water partition coefficient (Wildman–Crippen LogP) is 3.29. The van der Waals surface area contributed by atoms with Crippen molar-refractivity contribution in [3.8, 4) is 11.5 Å². The van der Waals surface area contributed by atoms with Crippen molar-refractivity contribution in [3.05, 3.63) is 42.0 Å². The van der Waals surface area contributed by atoms with Gasteiger partial charge in [-0.2, -0.15) is 0 Å². The van der Waals surface area contributed by atoms with Crippen LogP contribution in [0.5, 0.6) is 11.5 Å². The third-order valence-electron chi connectivity index (χ3n) is 2.00. The minimum Gasteiger partial charge on any atom is -0.496 e. The molecule has 2 nitrogen and oxygen atoms in total. The van der Waals surface area contributed by atoms with Crippen LogP contribution in [0.4, 0.5) is 0 Å². The van der Waals surface area contributed by atoms with Crippen LogP contribution in [-0.4, -0.2) is 14.2 Å². The minimum atomic E-state index is 0.798. The molecular weight excluding hydrogens is 188 g/mol. The number of methoxy groups -OCH3 is 2. The van der Waals surface area contributed by atoms with Crippen molar-refractivity contribution in [2.75, 3.05) is 14.2 Å². The Kier molecular flexibility index (Phi) is 3.98. The van der Waals surface area contributed by atoms with Crippen molar-refractivity contribution in [1.29, 1.82) is 0 Å². The fourth-order valence-electron chi connectivity index (χ4n) is 1.27. The highest BCUT2D eigenvalue weighted by atomic mass is 16.5. The van der Waals surface area contributed by atoms with Gasteiger partial charge in [0, 0.05) is 0 Å². The largest absolute Gasteiger partial charge is 0.496 e. The van der Waals surface area contributed by atoms with Crippen LogP contribution in [-0.2, 0) is 0 Å². The van der Waals surface area contributed by atoms with Crippen LogP contribution in [0.25, 0.3) is 6.08 Å². The average molecular weight is 204 g/mol. The van der Waals surface area contributed by atoms with E-state index in [0.717, 1.165) is 22.6 Å². The molecule has 0 saturated carbocycles. The number of benzene rings is 1. The minimum absolute atomic E-state index is 0.798.